The molecule has 0 spiro atoms. The Morgan fingerprint density at radius 3 is 0.692 bits per heavy atom. The van der Waals surface area contributed by atoms with E-state index in [1.165, 1.54) is 44.9 Å². The Morgan fingerprint density at radius 1 is 0.297 bits per heavy atom. The van der Waals surface area contributed by atoms with Gasteiger partial charge in [0.2, 0.25) is 0 Å². The number of nitrogens with two attached hydrogens (primary N) is 3. The molecule has 0 fully saturated rings. The number of rotatable bonds is 45. The smallest absolute Gasteiger partial charge is 0.146 e. The van der Waals surface area contributed by atoms with Gasteiger partial charge in [-0.2, -0.15) is 0 Å². The molecule has 6 unspecified atom stereocenters. The van der Waals surface area contributed by atoms with Crippen LogP contribution < -0.4 is 65.1 Å². The lowest BCUT2D eigenvalue weighted by molar-refractivity contribution is -0.119. The van der Waals surface area contributed by atoms with Crippen LogP contribution in [0.15, 0.2) is 0 Å². The molecule has 0 aromatic carbocycles. The standard InChI is InChI=1S/2C13H28N2O.C13H30N2.2C12H26N2O.C12H28N2/c2*1-11(16)12(14-5)8-6-7-9-15-10-13(2,3)4;1-6-12(14-5)9-7-8-10-15-11-13(2,3)4;2*1-10(15)11(13)7-5-6-8-14-9-12(2,3)4;1-5-11(13)8-6-7-9-14-10-12(2,3)4/h2*12,14-15H,6-10H2,1-5H3;12,14-15H,6-11H2,1-5H3;2*11,14H,5-9,13H2,1-4H3;11,14H,5-10,13H2,1-4H3. The van der Waals surface area contributed by atoms with E-state index >= 15 is 0 Å². The third-order valence-corrected chi connectivity index (χ3v) is 14.8. The molecule has 0 aliphatic carbocycles. The minimum Gasteiger partial charge on any atom is -0.328 e. The van der Waals surface area contributed by atoms with Gasteiger partial charge >= 0.3 is 0 Å². The van der Waals surface area contributed by atoms with E-state index in [0.717, 1.165) is 162 Å². The molecule has 0 amide bonds. The fraction of sp³-hybridized carbons (Fsp3) is 0.947. The number of Topliss-reactive ketones (excluding diaryl/α,β-unsaturated/α-hetero) is 4. The molecule has 16 nitrogen and oxygen atoms in total. The largest absolute Gasteiger partial charge is 0.328 e. The molecular weight excluding hydrogens is 1130 g/mol. The van der Waals surface area contributed by atoms with Gasteiger partial charge in [0.25, 0.3) is 0 Å². The van der Waals surface area contributed by atoms with Crippen molar-refractivity contribution in [1.29, 1.82) is 0 Å². The first-order valence-corrected chi connectivity index (χ1v) is 36.4. The van der Waals surface area contributed by atoms with Gasteiger partial charge in [0.05, 0.1) is 24.2 Å². The van der Waals surface area contributed by atoms with Gasteiger partial charge in [-0.1, -0.05) is 177 Å². The number of carbonyl (C=O) groups is 4. The van der Waals surface area contributed by atoms with Gasteiger partial charge in [-0.15, -0.1) is 0 Å². The molecule has 0 heterocycles. The van der Waals surface area contributed by atoms with Gasteiger partial charge in [0.1, 0.15) is 23.1 Å². The summed E-state index contributed by atoms with van der Waals surface area (Å²) in [4.78, 5) is 44.0. The molecule has 0 rings (SSSR count). The van der Waals surface area contributed by atoms with Gasteiger partial charge in [-0.25, -0.2) is 0 Å². The first-order valence-electron chi connectivity index (χ1n) is 36.4. The summed E-state index contributed by atoms with van der Waals surface area (Å²) in [6.45, 7) is 63.9. The summed E-state index contributed by atoms with van der Waals surface area (Å²) in [5.74, 6) is 0.672. The van der Waals surface area contributed by atoms with Crippen LogP contribution in [0, 0.1) is 32.5 Å². The van der Waals surface area contributed by atoms with E-state index in [1.54, 1.807) is 27.7 Å². The number of nitrogens with one attached hydrogen (secondary N) is 9. The molecule has 550 valence electrons. The molecule has 0 bridgehead atoms. The molecule has 91 heavy (non-hydrogen) atoms. The highest BCUT2D eigenvalue weighted by atomic mass is 16.1. The van der Waals surface area contributed by atoms with E-state index in [9.17, 15) is 19.2 Å². The van der Waals surface area contributed by atoms with Gasteiger partial charge in [-0.05, 0) is 250 Å². The number of carbonyl (C=O) groups excluding carboxylic acids is 4. The van der Waals surface area contributed by atoms with Gasteiger partial charge < -0.3 is 65.1 Å². The Hall–Kier alpha value is -1.80. The Kier molecular flexibility index (Phi) is 66.8. The molecule has 0 saturated carbocycles. The Bertz CT molecular complexity index is 1550. The highest BCUT2D eigenvalue weighted by Crippen LogP contribution is 2.15. The van der Waals surface area contributed by atoms with Crippen LogP contribution in [-0.4, -0.2) is 159 Å². The summed E-state index contributed by atoms with van der Waals surface area (Å²) >= 11 is 0. The monoisotopic (exact) mass is 1300 g/mol. The van der Waals surface area contributed by atoms with Crippen molar-refractivity contribution in [1.82, 2.24) is 47.9 Å². The van der Waals surface area contributed by atoms with Crippen LogP contribution in [0.1, 0.15) is 295 Å². The van der Waals surface area contributed by atoms with Crippen LogP contribution in [0.4, 0.5) is 0 Å². The maximum Gasteiger partial charge on any atom is 0.146 e. The third kappa shape index (κ3) is 92.4. The Morgan fingerprint density at radius 2 is 0.516 bits per heavy atom. The molecule has 0 aliphatic heterocycles. The van der Waals surface area contributed by atoms with Crippen molar-refractivity contribution in [3.05, 3.63) is 0 Å². The van der Waals surface area contributed by atoms with Crippen molar-refractivity contribution < 1.29 is 19.2 Å². The fourth-order valence-corrected chi connectivity index (χ4v) is 8.77. The summed E-state index contributed by atoms with van der Waals surface area (Å²) in [6.07, 6.45) is 22.2. The second-order valence-electron chi connectivity index (χ2n) is 33.3. The van der Waals surface area contributed by atoms with Crippen LogP contribution in [-0.2, 0) is 19.2 Å². The lowest BCUT2D eigenvalue weighted by atomic mass is 9.97. The van der Waals surface area contributed by atoms with E-state index in [2.05, 4.69) is 193 Å². The van der Waals surface area contributed by atoms with E-state index < -0.39 is 0 Å². The number of likely N-dealkylation sites (N-methyl/N-ethyl adjacent to an activating group) is 2. The van der Waals surface area contributed by atoms with Crippen molar-refractivity contribution in [2.75, 3.05) is 99.7 Å². The Labute approximate surface area is 567 Å². The number of ketones is 4. The highest BCUT2D eigenvalue weighted by molar-refractivity contribution is 5.82. The lowest BCUT2D eigenvalue weighted by Crippen LogP contribution is -2.32. The first-order chi connectivity index (χ1) is 41.8. The average molecular weight is 1300 g/mol. The van der Waals surface area contributed by atoms with Crippen molar-refractivity contribution in [3.8, 4) is 0 Å². The number of unbranched alkanes of at least 4 members (excludes halogenated alkanes) is 6. The molecular formula is C75H166N12O4. The molecule has 0 aliphatic rings. The SMILES string of the molecule is CC(=O)C(N)CCCCNCC(C)(C)C.CC(=O)C(N)CCCCNCC(C)(C)C.CCC(CCCCNCC(C)(C)C)NC.CCC(N)CCCCNCC(C)(C)C.CNC(CCCCNCC(C)(C)C)C(C)=O.CNC(CCCCNCC(C)(C)C)C(C)=O. The lowest BCUT2D eigenvalue weighted by Gasteiger charge is -2.19. The predicted octanol–water partition coefficient (Wildman–Crippen LogP) is 12.7. The summed E-state index contributed by atoms with van der Waals surface area (Å²) in [5.41, 5.74) is 19.3. The quantitative estimate of drug-likeness (QED) is 0.0253. The first kappa shape index (κ1) is 100. The summed E-state index contributed by atoms with van der Waals surface area (Å²) < 4.78 is 0. The predicted molar refractivity (Wildman–Crippen MR) is 403 cm³/mol. The second-order valence-corrected chi connectivity index (χ2v) is 33.3. The summed E-state index contributed by atoms with van der Waals surface area (Å²) in [7, 11) is 5.76. The second kappa shape index (κ2) is 60.6. The highest BCUT2D eigenvalue weighted by Gasteiger charge is 2.16. The molecule has 0 saturated heterocycles. The molecule has 15 N–H and O–H groups in total. The van der Waals surface area contributed by atoms with E-state index in [1.807, 2.05) is 14.1 Å². The fourth-order valence-electron chi connectivity index (χ4n) is 8.77. The van der Waals surface area contributed by atoms with Crippen LogP contribution >= 0.6 is 0 Å². The van der Waals surface area contributed by atoms with E-state index in [4.69, 9.17) is 17.2 Å². The van der Waals surface area contributed by atoms with Crippen LogP contribution in [0.25, 0.3) is 0 Å². The van der Waals surface area contributed by atoms with Crippen LogP contribution in [0.3, 0.4) is 0 Å². The van der Waals surface area contributed by atoms with Crippen molar-refractivity contribution in [3.63, 3.8) is 0 Å². The van der Waals surface area contributed by atoms with Gasteiger partial charge in [0.15, 0.2) is 0 Å². The van der Waals surface area contributed by atoms with Crippen molar-refractivity contribution in [2.24, 2.45) is 49.7 Å². The Balaban J connectivity index is -0.000000238. The maximum absolute atomic E-state index is 11.1. The molecule has 16 heteroatoms. The zero-order chi connectivity index (χ0) is 71.8. The molecule has 0 radical (unpaired) electrons. The third-order valence-electron chi connectivity index (χ3n) is 14.8. The summed E-state index contributed by atoms with van der Waals surface area (Å²) in [5, 5.41) is 30.1. The maximum atomic E-state index is 11.1. The molecule has 6 atom stereocenters. The normalized spacial score (nSPS) is 14.0. The van der Waals surface area contributed by atoms with Crippen LogP contribution in [0.2, 0.25) is 0 Å². The van der Waals surface area contributed by atoms with Crippen molar-refractivity contribution in [2.45, 2.75) is 331 Å². The average Bonchev–Trinajstić information content (AvgIpc) is 3.54. The van der Waals surface area contributed by atoms with Gasteiger partial charge in [-0.3, -0.25) is 19.2 Å². The zero-order valence-electron chi connectivity index (χ0n) is 66.0. The van der Waals surface area contributed by atoms with E-state index in [-0.39, 0.29) is 47.3 Å². The number of hydrogen-bond acceptors (Lipinski definition) is 16. The zero-order valence-corrected chi connectivity index (χ0v) is 66.0. The van der Waals surface area contributed by atoms with Crippen molar-refractivity contribution >= 4 is 23.1 Å². The minimum absolute atomic E-state index is 0.0441. The molecule has 0 aromatic heterocycles. The minimum atomic E-state index is -0.257. The summed E-state index contributed by atoms with van der Waals surface area (Å²) in [6, 6.07) is 0.704. The number of hydrogen-bond donors (Lipinski definition) is 12. The topological polar surface area (TPSA) is 255 Å². The van der Waals surface area contributed by atoms with Crippen LogP contribution in [0.5, 0.6) is 0 Å². The molecule has 0 aromatic rings. The van der Waals surface area contributed by atoms with E-state index in [0.29, 0.717) is 44.6 Å². The van der Waals surface area contributed by atoms with Gasteiger partial charge in [0, 0.05) is 12.1 Å².